The Bertz CT molecular complexity index is 696. The van der Waals surface area contributed by atoms with Gasteiger partial charge in [0.2, 0.25) is 5.95 Å². The first-order valence-electron chi connectivity index (χ1n) is 8.76. The fourth-order valence-electron chi connectivity index (χ4n) is 4.93. The summed E-state index contributed by atoms with van der Waals surface area (Å²) < 4.78 is 0. The number of hydrogen-bond donors (Lipinski definition) is 0. The molecule has 3 heterocycles. The summed E-state index contributed by atoms with van der Waals surface area (Å²) in [5, 5.41) is 0. The minimum absolute atomic E-state index is 0.590. The van der Waals surface area contributed by atoms with Crippen molar-refractivity contribution < 1.29 is 0 Å². The van der Waals surface area contributed by atoms with Crippen LogP contribution in [0.5, 0.6) is 0 Å². The molecule has 1 aromatic carbocycles. The second kappa shape index (κ2) is 5.31. The van der Waals surface area contributed by atoms with Gasteiger partial charge in [0.1, 0.15) is 0 Å². The molecule has 0 spiro atoms. The van der Waals surface area contributed by atoms with Crippen molar-refractivity contribution >= 4 is 5.95 Å². The Labute approximate surface area is 137 Å². The molecule has 2 saturated heterocycles. The molecule has 0 radical (unpaired) electrons. The van der Waals surface area contributed by atoms with Crippen molar-refractivity contribution in [1.29, 1.82) is 0 Å². The Hall–Kier alpha value is -1.94. The molecule has 23 heavy (non-hydrogen) atoms. The predicted octanol–water partition coefficient (Wildman–Crippen LogP) is 2.85. The van der Waals surface area contributed by atoms with Crippen molar-refractivity contribution in [3.05, 3.63) is 53.9 Å². The van der Waals surface area contributed by atoms with Gasteiger partial charge in [-0.3, -0.25) is 4.90 Å². The van der Waals surface area contributed by atoms with Crippen LogP contribution in [0.25, 0.3) is 0 Å². The van der Waals surface area contributed by atoms with Crippen LogP contribution in [0, 0.1) is 5.92 Å². The maximum atomic E-state index is 4.47. The van der Waals surface area contributed by atoms with Gasteiger partial charge >= 0.3 is 0 Å². The molecule has 3 aliphatic rings. The highest BCUT2D eigenvalue weighted by atomic mass is 15.3. The van der Waals surface area contributed by atoms with Gasteiger partial charge in [-0.2, -0.15) is 0 Å². The molecule has 1 aromatic heterocycles. The highest BCUT2D eigenvalue weighted by molar-refractivity contribution is 5.46. The first-order chi connectivity index (χ1) is 11.4. The average molecular weight is 306 g/mol. The van der Waals surface area contributed by atoms with E-state index < -0.39 is 0 Å². The molecule has 4 nitrogen and oxygen atoms in total. The van der Waals surface area contributed by atoms with E-state index in [0.29, 0.717) is 17.9 Å². The van der Waals surface area contributed by atoms with Gasteiger partial charge in [0.15, 0.2) is 0 Å². The smallest absolute Gasteiger partial charge is 0.225 e. The summed E-state index contributed by atoms with van der Waals surface area (Å²) in [7, 11) is 0. The van der Waals surface area contributed by atoms with Crippen LogP contribution in [0.4, 0.5) is 5.95 Å². The summed E-state index contributed by atoms with van der Waals surface area (Å²) in [5.41, 5.74) is 3.14. The first-order valence-corrected chi connectivity index (χ1v) is 8.76. The van der Waals surface area contributed by atoms with Crippen LogP contribution < -0.4 is 4.90 Å². The largest absolute Gasteiger partial charge is 0.340 e. The van der Waals surface area contributed by atoms with Crippen molar-refractivity contribution in [3.63, 3.8) is 0 Å². The summed E-state index contributed by atoms with van der Waals surface area (Å²) in [6.07, 6.45) is 6.40. The molecular weight excluding hydrogens is 284 g/mol. The second-order valence-electron chi connectivity index (χ2n) is 7.04. The van der Waals surface area contributed by atoms with Gasteiger partial charge in [-0.05, 0) is 43.1 Å². The lowest BCUT2D eigenvalue weighted by molar-refractivity contribution is 0.192. The third kappa shape index (κ3) is 2.08. The number of anilines is 1. The van der Waals surface area contributed by atoms with Crippen molar-refractivity contribution in [2.24, 2.45) is 5.92 Å². The lowest BCUT2D eigenvalue weighted by atomic mass is 9.94. The van der Waals surface area contributed by atoms with E-state index in [0.717, 1.165) is 19.0 Å². The third-order valence-electron chi connectivity index (χ3n) is 5.85. The molecule has 2 aliphatic heterocycles. The van der Waals surface area contributed by atoms with Gasteiger partial charge in [0.25, 0.3) is 0 Å². The van der Waals surface area contributed by atoms with Crippen molar-refractivity contribution in [1.82, 2.24) is 14.9 Å². The SMILES string of the molecule is c1cnc(N2C[C@H]3[C@@H](C2)c2ccccc2[C@@H]3N2CCCC2)nc1. The molecule has 118 valence electrons. The minimum Gasteiger partial charge on any atom is -0.340 e. The minimum atomic E-state index is 0.590. The first kappa shape index (κ1) is 13.5. The molecule has 2 fully saturated rings. The van der Waals surface area contributed by atoms with Gasteiger partial charge in [0, 0.05) is 43.4 Å². The van der Waals surface area contributed by atoms with Crippen LogP contribution in [-0.4, -0.2) is 41.0 Å². The average Bonchev–Trinajstić information content (AvgIpc) is 3.31. The number of likely N-dealkylation sites (tertiary alicyclic amines) is 1. The quantitative estimate of drug-likeness (QED) is 0.854. The Balaban J connectivity index is 1.51. The van der Waals surface area contributed by atoms with E-state index in [4.69, 9.17) is 0 Å². The van der Waals surface area contributed by atoms with Crippen molar-refractivity contribution in [3.8, 4) is 0 Å². The summed E-state index contributed by atoms with van der Waals surface area (Å²) in [6, 6.07) is 11.6. The van der Waals surface area contributed by atoms with Gasteiger partial charge in [-0.1, -0.05) is 24.3 Å². The lowest BCUT2D eigenvalue weighted by Gasteiger charge is -2.30. The summed E-state index contributed by atoms with van der Waals surface area (Å²) in [6.45, 7) is 4.63. The molecule has 0 N–H and O–H groups in total. The number of nitrogens with zero attached hydrogens (tertiary/aromatic N) is 4. The molecule has 0 bridgehead atoms. The zero-order chi connectivity index (χ0) is 15.2. The monoisotopic (exact) mass is 306 g/mol. The molecule has 0 amide bonds. The zero-order valence-electron chi connectivity index (χ0n) is 13.3. The fraction of sp³-hybridized carbons (Fsp3) is 0.474. The van der Waals surface area contributed by atoms with E-state index in [1.54, 1.807) is 11.1 Å². The Morgan fingerprint density at radius 3 is 2.39 bits per heavy atom. The van der Waals surface area contributed by atoms with E-state index in [1.807, 2.05) is 18.5 Å². The standard InChI is InChI=1S/C19H22N4/c1-2-7-15-14(6-1)16-12-23(19-20-8-5-9-21-19)13-17(16)18(15)22-10-3-4-11-22/h1-2,5-9,16-18H,3-4,10-13H2/t16-,17-,18-/m0/s1. The lowest BCUT2D eigenvalue weighted by Crippen LogP contribution is -2.32. The summed E-state index contributed by atoms with van der Waals surface area (Å²) in [5.74, 6) is 2.19. The predicted molar refractivity (Wildman–Crippen MR) is 90.5 cm³/mol. The fourth-order valence-corrected chi connectivity index (χ4v) is 4.93. The maximum Gasteiger partial charge on any atom is 0.225 e. The highest BCUT2D eigenvalue weighted by Gasteiger charge is 2.48. The summed E-state index contributed by atoms with van der Waals surface area (Å²) in [4.78, 5) is 14.0. The van der Waals surface area contributed by atoms with Crippen LogP contribution >= 0.6 is 0 Å². The normalized spacial score (nSPS) is 29.7. The third-order valence-corrected chi connectivity index (χ3v) is 5.85. The van der Waals surface area contributed by atoms with Crippen LogP contribution in [0.3, 0.4) is 0 Å². The van der Waals surface area contributed by atoms with E-state index in [-0.39, 0.29) is 0 Å². The Morgan fingerprint density at radius 1 is 0.870 bits per heavy atom. The number of rotatable bonds is 2. The summed E-state index contributed by atoms with van der Waals surface area (Å²) >= 11 is 0. The number of aromatic nitrogens is 2. The number of hydrogen-bond acceptors (Lipinski definition) is 4. The van der Waals surface area contributed by atoms with Crippen LogP contribution in [0.15, 0.2) is 42.7 Å². The molecule has 3 atom stereocenters. The molecule has 4 heteroatoms. The van der Waals surface area contributed by atoms with E-state index in [1.165, 1.54) is 25.9 Å². The van der Waals surface area contributed by atoms with Gasteiger partial charge in [-0.15, -0.1) is 0 Å². The highest BCUT2D eigenvalue weighted by Crippen LogP contribution is 2.52. The molecule has 0 unspecified atom stereocenters. The Morgan fingerprint density at radius 2 is 1.61 bits per heavy atom. The Kier molecular flexibility index (Phi) is 3.11. The van der Waals surface area contributed by atoms with Gasteiger partial charge < -0.3 is 4.90 Å². The van der Waals surface area contributed by atoms with Gasteiger partial charge in [0.05, 0.1) is 0 Å². The molecule has 2 aromatic rings. The van der Waals surface area contributed by atoms with Crippen LogP contribution in [-0.2, 0) is 0 Å². The topological polar surface area (TPSA) is 32.3 Å². The van der Waals surface area contributed by atoms with Crippen LogP contribution in [0.1, 0.15) is 35.9 Å². The van der Waals surface area contributed by atoms with Crippen molar-refractivity contribution in [2.45, 2.75) is 24.8 Å². The maximum absolute atomic E-state index is 4.47. The van der Waals surface area contributed by atoms with E-state index >= 15 is 0 Å². The van der Waals surface area contributed by atoms with E-state index in [9.17, 15) is 0 Å². The number of fused-ring (bicyclic) bond motifs is 3. The van der Waals surface area contributed by atoms with Crippen LogP contribution in [0.2, 0.25) is 0 Å². The van der Waals surface area contributed by atoms with Gasteiger partial charge in [-0.25, -0.2) is 9.97 Å². The number of benzene rings is 1. The zero-order valence-corrected chi connectivity index (χ0v) is 13.3. The van der Waals surface area contributed by atoms with Crippen molar-refractivity contribution in [2.75, 3.05) is 31.1 Å². The molecule has 5 rings (SSSR count). The molecular formula is C19H22N4. The molecule has 1 aliphatic carbocycles. The molecule has 0 saturated carbocycles. The second-order valence-corrected chi connectivity index (χ2v) is 7.04. The van der Waals surface area contributed by atoms with E-state index in [2.05, 4.69) is 44.0 Å².